The first-order valence-electron chi connectivity index (χ1n) is 3.78. The second-order valence-corrected chi connectivity index (χ2v) is 3.98. The second-order valence-electron chi connectivity index (χ2n) is 2.10. The molecule has 1 rings (SSSR count). The number of hydrogen-bond donors (Lipinski definition) is 3. The molecule has 0 radical (unpaired) electrons. The third-order valence-electron chi connectivity index (χ3n) is 1.10. The fourth-order valence-electron chi connectivity index (χ4n) is 0.585. The van der Waals surface area contributed by atoms with Crippen molar-refractivity contribution in [3.05, 3.63) is 24.4 Å². The van der Waals surface area contributed by atoms with Gasteiger partial charge < -0.3 is 15.1 Å². The van der Waals surface area contributed by atoms with E-state index in [0.717, 1.165) is 5.82 Å². The molecule has 9 heteroatoms. The molecule has 1 aromatic rings. The molecule has 0 spiro atoms. The molecule has 2 atom stereocenters. The van der Waals surface area contributed by atoms with Gasteiger partial charge in [0.15, 0.2) is 0 Å². The highest BCUT2D eigenvalue weighted by atomic mass is 31.2. The Kier molecular flexibility index (Phi) is 8.18. The van der Waals surface area contributed by atoms with Crippen molar-refractivity contribution in [2.24, 2.45) is 0 Å². The Morgan fingerprint density at radius 1 is 1.33 bits per heavy atom. The van der Waals surface area contributed by atoms with E-state index in [-0.39, 0.29) is 0 Å². The average molecular weight is 254 g/mol. The molecule has 15 heavy (non-hydrogen) atoms. The van der Waals surface area contributed by atoms with Gasteiger partial charge >= 0.3 is 16.5 Å². The zero-order valence-electron chi connectivity index (χ0n) is 7.88. The van der Waals surface area contributed by atoms with Crippen LogP contribution in [0, 0.1) is 0 Å². The van der Waals surface area contributed by atoms with Crippen LogP contribution in [0.3, 0.4) is 0 Å². The Morgan fingerprint density at radius 3 is 2.13 bits per heavy atom. The summed E-state index contributed by atoms with van der Waals surface area (Å²) in [6.07, 6.45) is 1.76. The molecule has 0 aliphatic carbocycles. The van der Waals surface area contributed by atoms with Gasteiger partial charge in [-0.15, -0.1) is 0 Å². The van der Waals surface area contributed by atoms with Gasteiger partial charge in [-0.05, 0) is 12.1 Å². The van der Waals surface area contributed by atoms with Gasteiger partial charge in [0.25, 0.3) is 0 Å². The molecule has 0 aromatic carbocycles. The molecule has 86 valence electrons. The van der Waals surface area contributed by atoms with Gasteiger partial charge in [-0.25, -0.2) is 9.29 Å². The summed E-state index contributed by atoms with van der Waals surface area (Å²) in [5.74, 6) is 0.910. The summed E-state index contributed by atoms with van der Waals surface area (Å²) in [6, 6.07) is 5.75. The van der Waals surface area contributed by atoms with E-state index in [4.69, 9.17) is 9.79 Å². The number of pyridine rings is 1. The summed E-state index contributed by atoms with van der Waals surface area (Å²) in [6.45, 7) is 0. The molecule has 0 saturated carbocycles. The van der Waals surface area contributed by atoms with Crippen LogP contribution >= 0.6 is 16.5 Å². The van der Waals surface area contributed by atoms with E-state index in [1.165, 1.54) is 0 Å². The van der Waals surface area contributed by atoms with Crippen molar-refractivity contribution in [1.82, 2.24) is 4.98 Å². The Hall–Kier alpha value is -0.710. The van der Waals surface area contributed by atoms with Crippen molar-refractivity contribution >= 4 is 22.3 Å². The predicted molar refractivity (Wildman–Crippen MR) is 57.3 cm³/mol. The van der Waals surface area contributed by atoms with Gasteiger partial charge in [0.1, 0.15) is 5.82 Å². The zero-order valence-corrected chi connectivity index (χ0v) is 9.88. The van der Waals surface area contributed by atoms with Crippen molar-refractivity contribution in [3.8, 4) is 0 Å². The summed E-state index contributed by atoms with van der Waals surface area (Å²) in [4.78, 5) is 19.4. The predicted octanol–water partition coefficient (Wildman–Crippen LogP) is 0.890. The highest BCUT2D eigenvalue weighted by molar-refractivity contribution is 7.46. The van der Waals surface area contributed by atoms with Gasteiger partial charge in [0, 0.05) is 13.2 Å². The molecule has 0 fully saturated rings. The summed E-state index contributed by atoms with van der Waals surface area (Å²) >= 11 is 0. The molecular weight excluding hydrogens is 242 g/mol. The zero-order chi connectivity index (χ0) is 11.7. The number of hydrogen-bond acceptors (Lipinski definition) is 5. The number of aromatic nitrogens is 1. The topological polar surface area (TPSA) is 109 Å². The second kappa shape index (κ2) is 8.59. The molecule has 1 aromatic heterocycles. The van der Waals surface area contributed by atoms with Gasteiger partial charge in [-0.2, -0.15) is 0 Å². The lowest BCUT2D eigenvalue weighted by Crippen LogP contribution is -1.88. The minimum absolute atomic E-state index is 0.910. The largest absolute Gasteiger partial charge is 0.373 e. The average Bonchev–Trinajstić information content (AvgIpc) is 2.18. The summed E-state index contributed by atoms with van der Waals surface area (Å²) in [5.41, 5.74) is 0. The molecule has 0 saturated heterocycles. The standard InChI is InChI=1S/C6H8N2.H4O5P2/c1-7-6-4-2-3-5-8-6;1-6(2)5-7(3)4/h2-5H,1H3,(H,7,8);6-7H,(H,1,2)(H,3,4). The first-order chi connectivity index (χ1) is 7.06. The maximum Gasteiger partial charge on any atom is 0.323 e. The highest BCUT2D eigenvalue weighted by Crippen LogP contribution is 2.30. The van der Waals surface area contributed by atoms with Gasteiger partial charge in [-0.1, -0.05) is 6.07 Å². The fraction of sp³-hybridized carbons (Fsp3) is 0.167. The Balaban J connectivity index is 0.000000265. The van der Waals surface area contributed by atoms with Crippen LogP contribution in [0.1, 0.15) is 0 Å². The van der Waals surface area contributed by atoms with Crippen LogP contribution in [0.5, 0.6) is 0 Å². The highest BCUT2D eigenvalue weighted by Gasteiger charge is 1.93. The first-order valence-corrected chi connectivity index (χ1v) is 6.31. The Bertz CT molecular complexity index is 309. The van der Waals surface area contributed by atoms with E-state index >= 15 is 0 Å². The van der Waals surface area contributed by atoms with Crippen LogP contribution < -0.4 is 5.32 Å². The number of anilines is 1. The summed E-state index contributed by atoms with van der Waals surface area (Å²) in [7, 11) is -4.55. The van der Waals surface area contributed by atoms with Crippen molar-refractivity contribution in [1.29, 1.82) is 0 Å². The maximum atomic E-state index is 9.44. The van der Waals surface area contributed by atoms with Crippen LogP contribution in [0.15, 0.2) is 24.4 Å². The fourth-order valence-corrected chi connectivity index (χ4v) is 1.18. The van der Waals surface area contributed by atoms with Crippen LogP contribution in [0.2, 0.25) is 0 Å². The molecule has 0 aliphatic rings. The molecule has 0 amide bonds. The number of nitrogens with zero attached hydrogens (tertiary/aromatic N) is 1. The van der Waals surface area contributed by atoms with Crippen LogP contribution in [-0.4, -0.2) is 21.8 Å². The van der Waals surface area contributed by atoms with E-state index in [1.807, 2.05) is 25.2 Å². The maximum absolute atomic E-state index is 9.44. The normalized spacial score (nSPS) is 13.3. The molecule has 0 bridgehead atoms. The quantitative estimate of drug-likeness (QED) is 0.687. The molecule has 2 unspecified atom stereocenters. The molecule has 0 aliphatic heterocycles. The van der Waals surface area contributed by atoms with E-state index in [9.17, 15) is 9.13 Å². The molecule has 7 nitrogen and oxygen atoms in total. The monoisotopic (exact) mass is 254 g/mol. The summed E-state index contributed by atoms with van der Waals surface area (Å²) in [5, 5.41) is 2.92. The van der Waals surface area contributed by atoms with Crippen molar-refractivity contribution < 1.29 is 23.2 Å². The van der Waals surface area contributed by atoms with E-state index in [0.29, 0.717) is 0 Å². The Morgan fingerprint density at radius 2 is 1.93 bits per heavy atom. The molecule has 1 heterocycles. The minimum atomic E-state index is -3.20. The van der Waals surface area contributed by atoms with Crippen LogP contribution in [0.4, 0.5) is 5.82 Å². The Labute approximate surface area is 88.0 Å². The first kappa shape index (κ1) is 14.3. The SMILES string of the molecule is CNc1ccccn1.O=[PH](O)O[PH](=O)O. The van der Waals surface area contributed by atoms with Crippen molar-refractivity contribution in [2.75, 3.05) is 12.4 Å². The van der Waals surface area contributed by atoms with Gasteiger partial charge in [0.2, 0.25) is 0 Å². The molecular formula is C6H12N2O5P2. The van der Waals surface area contributed by atoms with Crippen LogP contribution in [0.25, 0.3) is 0 Å². The third-order valence-corrected chi connectivity index (χ3v) is 2.49. The van der Waals surface area contributed by atoms with E-state index in [1.54, 1.807) is 6.20 Å². The van der Waals surface area contributed by atoms with Gasteiger partial charge in [0.05, 0.1) is 0 Å². The minimum Gasteiger partial charge on any atom is -0.373 e. The van der Waals surface area contributed by atoms with Crippen molar-refractivity contribution in [2.45, 2.75) is 0 Å². The lowest BCUT2D eigenvalue weighted by atomic mass is 10.5. The molecule has 3 N–H and O–H groups in total. The lowest BCUT2D eigenvalue weighted by molar-refractivity contribution is 0.371. The van der Waals surface area contributed by atoms with E-state index in [2.05, 4.69) is 14.6 Å². The summed E-state index contributed by atoms with van der Waals surface area (Å²) < 4.78 is 22.3. The van der Waals surface area contributed by atoms with Crippen molar-refractivity contribution in [3.63, 3.8) is 0 Å². The third kappa shape index (κ3) is 9.59. The number of nitrogens with one attached hydrogen (secondary N) is 1. The number of rotatable bonds is 3. The lowest BCUT2D eigenvalue weighted by Gasteiger charge is -1.92. The van der Waals surface area contributed by atoms with Gasteiger partial charge in [-0.3, -0.25) is 9.13 Å². The van der Waals surface area contributed by atoms with E-state index < -0.39 is 16.5 Å². The van der Waals surface area contributed by atoms with Crippen LogP contribution in [-0.2, 0) is 13.4 Å². The smallest absolute Gasteiger partial charge is 0.323 e.